The molecule has 1 unspecified atom stereocenters. The van der Waals surface area contributed by atoms with Gasteiger partial charge in [-0.3, -0.25) is 9.59 Å². The number of methoxy groups -OCH3 is 1. The highest BCUT2D eigenvalue weighted by atomic mass is 35.5. The Bertz CT molecular complexity index is 779. The van der Waals surface area contributed by atoms with Gasteiger partial charge in [-0.1, -0.05) is 41.4 Å². The van der Waals surface area contributed by atoms with Crippen LogP contribution in [-0.2, 0) is 16.0 Å². The van der Waals surface area contributed by atoms with Gasteiger partial charge in [0.25, 0.3) is 0 Å². The van der Waals surface area contributed by atoms with Crippen LogP contribution in [0.25, 0.3) is 0 Å². The van der Waals surface area contributed by atoms with Crippen LogP contribution in [0.1, 0.15) is 12.0 Å². The van der Waals surface area contributed by atoms with Crippen LogP contribution in [0.3, 0.4) is 0 Å². The smallest absolute Gasteiger partial charge is 0.304 e. The summed E-state index contributed by atoms with van der Waals surface area (Å²) in [7, 11) is 1.53. The van der Waals surface area contributed by atoms with Crippen molar-refractivity contribution >= 4 is 40.8 Å². The lowest BCUT2D eigenvalue weighted by Crippen LogP contribution is -2.27. The third-order valence-electron chi connectivity index (χ3n) is 3.64. The highest BCUT2D eigenvalue weighted by Gasteiger charge is 2.24. The van der Waals surface area contributed by atoms with Crippen molar-refractivity contribution in [1.29, 1.82) is 0 Å². The van der Waals surface area contributed by atoms with Gasteiger partial charge in [0.1, 0.15) is 5.75 Å². The van der Waals surface area contributed by atoms with Gasteiger partial charge >= 0.3 is 5.97 Å². The Morgan fingerprint density at radius 3 is 2.52 bits per heavy atom. The molecule has 7 heteroatoms. The van der Waals surface area contributed by atoms with E-state index >= 15 is 0 Å². The molecule has 25 heavy (non-hydrogen) atoms. The van der Waals surface area contributed by atoms with Gasteiger partial charge in [-0.25, -0.2) is 0 Å². The second-order valence-electron chi connectivity index (χ2n) is 5.43. The van der Waals surface area contributed by atoms with E-state index in [9.17, 15) is 9.59 Å². The van der Waals surface area contributed by atoms with Gasteiger partial charge in [0.05, 0.1) is 29.5 Å². The number of carbonyl (C=O) groups excluding carboxylic acids is 1. The molecule has 2 aromatic carbocycles. The molecular formula is C18H17Cl2NO4. The average molecular weight is 382 g/mol. The number of para-hydroxylation sites is 1. The topological polar surface area (TPSA) is 75.6 Å². The average Bonchev–Trinajstić information content (AvgIpc) is 2.57. The Hall–Kier alpha value is -2.24. The Kier molecular flexibility index (Phi) is 6.67. The lowest BCUT2D eigenvalue weighted by molar-refractivity contribution is -0.140. The van der Waals surface area contributed by atoms with Crippen molar-refractivity contribution in [3.63, 3.8) is 0 Å². The molecule has 0 saturated heterocycles. The first kappa shape index (κ1) is 19.1. The highest BCUT2D eigenvalue weighted by molar-refractivity contribution is 6.42. The normalized spacial score (nSPS) is 11.6. The van der Waals surface area contributed by atoms with Gasteiger partial charge in [-0.15, -0.1) is 0 Å². The highest BCUT2D eigenvalue weighted by Crippen LogP contribution is 2.27. The molecule has 2 rings (SSSR count). The first-order valence-electron chi connectivity index (χ1n) is 7.50. The fraction of sp³-hybridized carbons (Fsp3) is 0.222. The van der Waals surface area contributed by atoms with E-state index in [1.807, 2.05) is 12.1 Å². The van der Waals surface area contributed by atoms with E-state index in [-0.39, 0.29) is 12.8 Å². The summed E-state index contributed by atoms with van der Waals surface area (Å²) in [4.78, 5) is 23.7. The van der Waals surface area contributed by atoms with Crippen LogP contribution in [0, 0.1) is 5.92 Å². The molecule has 0 radical (unpaired) electrons. The number of hydrogen-bond donors (Lipinski definition) is 2. The van der Waals surface area contributed by atoms with E-state index in [1.165, 1.54) is 13.2 Å². The van der Waals surface area contributed by atoms with E-state index in [1.54, 1.807) is 24.3 Å². The van der Waals surface area contributed by atoms with E-state index in [0.717, 1.165) is 5.56 Å². The summed E-state index contributed by atoms with van der Waals surface area (Å²) in [6.45, 7) is 0. The van der Waals surface area contributed by atoms with Gasteiger partial charge in [0.2, 0.25) is 5.91 Å². The number of carboxylic acids is 1. The molecule has 0 aliphatic heterocycles. The number of carbonyl (C=O) groups is 2. The maximum atomic E-state index is 12.6. The second kappa shape index (κ2) is 8.74. The van der Waals surface area contributed by atoms with Crippen LogP contribution in [0.5, 0.6) is 5.75 Å². The van der Waals surface area contributed by atoms with Crippen molar-refractivity contribution in [2.45, 2.75) is 12.8 Å². The maximum Gasteiger partial charge on any atom is 0.304 e. The van der Waals surface area contributed by atoms with Gasteiger partial charge in [0.15, 0.2) is 0 Å². The standard InChI is InChI=1S/C18H17Cl2NO4/c1-25-16-5-3-2-4-11(16)8-12(9-17(22)23)18(24)21-13-6-7-14(19)15(20)10-13/h2-7,10,12H,8-9H2,1H3,(H,21,24)(H,22,23). The predicted octanol–water partition coefficient (Wildman–Crippen LogP) is 4.27. The predicted molar refractivity (Wildman–Crippen MR) is 97.5 cm³/mol. The summed E-state index contributed by atoms with van der Waals surface area (Å²) < 4.78 is 5.27. The Morgan fingerprint density at radius 1 is 1.16 bits per heavy atom. The number of ether oxygens (including phenoxy) is 1. The molecule has 2 N–H and O–H groups in total. The van der Waals surface area contributed by atoms with Crippen molar-refractivity contribution in [3.8, 4) is 5.75 Å². The minimum Gasteiger partial charge on any atom is -0.496 e. The summed E-state index contributed by atoms with van der Waals surface area (Å²) >= 11 is 11.8. The molecule has 132 valence electrons. The first-order valence-corrected chi connectivity index (χ1v) is 8.26. The quantitative estimate of drug-likeness (QED) is 0.750. The van der Waals surface area contributed by atoms with Crippen molar-refractivity contribution in [2.24, 2.45) is 5.92 Å². The van der Waals surface area contributed by atoms with Crippen LogP contribution in [-0.4, -0.2) is 24.1 Å². The Balaban J connectivity index is 2.19. The monoisotopic (exact) mass is 381 g/mol. The number of nitrogens with one attached hydrogen (secondary N) is 1. The summed E-state index contributed by atoms with van der Waals surface area (Å²) in [5.41, 5.74) is 1.22. The van der Waals surface area contributed by atoms with Crippen molar-refractivity contribution < 1.29 is 19.4 Å². The van der Waals surface area contributed by atoms with E-state index in [2.05, 4.69) is 5.32 Å². The Morgan fingerprint density at radius 2 is 1.88 bits per heavy atom. The van der Waals surface area contributed by atoms with Crippen molar-refractivity contribution in [1.82, 2.24) is 0 Å². The zero-order chi connectivity index (χ0) is 18.4. The van der Waals surface area contributed by atoms with E-state index in [0.29, 0.717) is 21.5 Å². The first-order chi connectivity index (χ1) is 11.9. The molecule has 0 aromatic heterocycles. The molecule has 2 aromatic rings. The van der Waals surface area contributed by atoms with Crippen LogP contribution in [0.15, 0.2) is 42.5 Å². The minimum atomic E-state index is -1.05. The third-order valence-corrected chi connectivity index (χ3v) is 4.38. The molecule has 5 nitrogen and oxygen atoms in total. The SMILES string of the molecule is COc1ccccc1CC(CC(=O)O)C(=O)Nc1ccc(Cl)c(Cl)c1. The number of carboxylic acid groups (broad SMARTS) is 1. The number of aliphatic carboxylic acids is 1. The zero-order valence-corrected chi connectivity index (χ0v) is 15.0. The number of anilines is 1. The van der Waals surface area contributed by atoms with Crippen LogP contribution in [0.4, 0.5) is 5.69 Å². The minimum absolute atomic E-state index is 0.240. The molecule has 0 spiro atoms. The lowest BCUT2D eigenvalue weighted by Gasteiger charge is -2.17. The van der Waals surface area contributed by atoms with E-state index in [4.69, 9.17) is 33.0 Å². The van der Waals surface area contributed by atoms with Crippen molar-refractivity contribution in [3.05, 3.63) is 58.1 Å². The number of amides is 1. The van der Waals surface area contributed by atoms with Gasteiger partial charge in [0, 0.05) is 5.69 Å². The largest absolute Gasteiger partial charge is 0.496 e. The molecule has 1 amide bonds. The van der Waals surface area contributed by atoms with Crippen LogP contribution in [0.2, 0.25) is 10.0 Å². The third kappa shape index (κ3) is 5.37. The van der Waals surface area contributed by atoms with Gasteiger partial charge in [-0.2, -0.15) is 0 Å². The molecular weight excluding hydrogens is 365 g/mol. The molecule has 0 aliphatic carbocycles. The number of halogens is 2. The number of hydrogen-bond acceptors (Lipinski definition) is 3. The summed E-state index contributed by atoms with van der Waals surface area (Å²) in [5.74, 6) is -1.61. The zero-order valence-electron chi connectivity index (χ0n) is 13.5. The summed E-state index contributed by atoms with van der Waals surface area (Å²) in [6, 6.07) is 11.9. The summed E-state index contributed by atoms with van der Waals surface area (Å²) in [6.07, 6.45) is -0.0608. The van der Waals surface area contributed by atoms with E-state index < -0.39 is 17.8 Å². The van der Waals surface area contributed by atoms with Gasteiger partial charge < -0.3 is 15.2 Å². The van der Waals surface area contributed by atoms with Crippen molar-refractivity contribution in [2.75, 3.05) is 12.4 Å². The second-order valence-corrected chi connectivity index (χ2v) is 6.24. The summed E-state index contributed by atoms with van der Waals surface area (Å²) in [5, 5.41) is 12.5. The maximum absolute atomic E-state index is 12.6. The molecule has 0 bridgehead atoms. The molecule has 1 atom stereocenters. The fourth-order valence-electron chi connectivity index (χ4n) is 2.42. The fourth-order valence-corrected chi connectivity index (χ4v) is 2.72. The molecule has 0 aliphatic rings. The molecule has 0 saturated carbocycles. The lowest BCUT2D eigenvalue weighted by atomic mass is 9.94. The molecule has 0 heterocycles. The number of benzene rings is 2. The van der Waals surface area contributed by atoms with Crippen LogP contribution < -0.4 is 10.1 Å². The van der Waals surface area contributed by atoms with Crippen LogP contribution >= 0.6 is 23.2 Å². The Labute approximate surface area is 155 Å². The number of rotatable bonds is 7. The van der Waals surface area contributed by atoms with Gasteiger partial charge in [-0.05, 0) is 36.2 Å². The molecule has 0 fully saturated rings.